The first-order valence-corrected chi connectivity index (χ1v) is 7.35. The highest BCUT2D eigenvalue weighted by molar-refractivity contribution is 6.30. The normalized spacial score (nSPS) is 18.2. The third kappa shape index (κ3) is 3.68. The van der Waals surface area contributed by atoms with Crippen LogP contribution in [0.4, 0.5) is 4.39 Å². The topological polar surface area (TPSA) is 29.3 Å². The molecule has 2 N–H and O–H groups in total. The van der Waals surface area contributed by atoms with Crippen molar-refractivity contribution in [2.45, 2.75) is 31.7 Å². The fourth-order valence-corrected chi connectivity index (χ4v) is 3.14. The van der Waals surface area contributed by atoms with Gasteiger partial charge in [-0.25, -0.2) is 4.39 Å². The quantitative estimate of drug-likeness (QED) is 0.895. The van der Waals surface area contributed by atoms with Gasteiger partial charge in [0.25, 0.3) is 0 Å². The number of nitrogens with zero attached hydrogens (tertiary/aromatic N) is 1. The van der Waals surface area contributed by atoms with Crippen LogP contribution >= 0.6 is 11.6 Å². The molecule has 4 heteroatoms. The first kappa shape index (κ1) is 14.8. The molecule has 1 saturated carbocycles. The molecule has 1 aliphatic rings. The Hall–Kier alpha value is -0.640. The van der Waals surface area contributed by atoms with Gasteiger partial charge in [-0.3, -0.25) is 4.90 Å². The van der Waals surface area contributed by atoms with Crippen LogP contribution in [0.1, 0.15) is 37.3 Å². The third-order valence-electron chi connectivity index (χ3n) is 4.10. The third-order valence-corrected chi connectivity index (χ3v) is 4.41. The predicted octanol–water partition coefficient (Wildman–Crippen LogP) is 3.60. The number of likely N-dealkylation sites (N-methyl/N-ethyl adjacent to an activating group) is 1. The molecule has 0 spiro atoms. The van der Waals surface area contributed by atoms with Crippen molar-refractivity contribution in [3.63, 3.8) is 0 Å². The number of rotatable bonds is 5. The first-order valence-electron chi connectivity index (χ1n) is 6.97. The van der Waals surface area contributed by atoms with Gasteiger partial charge >= 0.3 is 0 Å². The molecule has 1 aromatic carbocycles. The lowest BCUT2D eigenvalue weighted by Gasteiger charge is -2.29. The van der Waals surface area contributed by atoms with E-state index in [-0.39, 0.29) is 16.9 Å². The summed E-state index contributed by atoms with van der Waals surface area (Å²) in [6, 6.07) is 5.05. The number of nitrogens with two attached hydrogens (primary N) is 1. The Labute approximate surface area is 119 Å². The molecule has 19 heavy (non-hydrogen) atoms. The molecule has 1 fully saturated rings. The summed E-state index contributed by atoms with van der Waals surface area (Å²) in [5, 5.41) is 0.165. The lowest BCUT2D eigenvalue weighted by atomic mass is 10.0. The molecule has 0 heterocycles. The highest BCUT2D eigenvalue weighted by Crippen LogP contribution is 2.29. The maximum atomic E-state index is 13.6. The number of halogens is 2. The van der Waals surface area contributed by atoms with Crippen LogP contribution in [-0.4, -0.2) is 25.0 Å². The molecule has 1 aromatic rings. The van der Waals surface area contributed by atoms with E-state index in [1.165, 1.54) is 31.7 Å². The second-order valence-corrected chi connectivity index (χ2v) is 5.92. The molecule has 0 saturated heterocycles. The summed E-state index contributed by atoms with van der Waals surface area (Å²) < 4.78 is 13.6. The summed E-state index contributed by atoms with van der Waals surface area (Å²) in [4.78, 5) is 2.25. The van der Waals surface area contributed by atoms with Crippen molar-refractivity contribution >= 4 is 11.6 Å². The number of hydrogen-bond donors (Lipinski definition) is 1. The Morgan fingerprint density at radius 1 is 1.42 bits per heavy atom. The van der Waals surface area contributed by atoms with Crippen LogP contribution in [0.5, 0.6) is 0 Å². The van der Waals surface area contributed by atoms with Crippen LogP contribution in [-0.2, 0) is 0 Å². The SMILES string of the molecule is CN(CC1CCCC1)C(CN)c1ccc(Cl)c(F)c1. The Morgan fingerprint density at radius 3 is 2.68 bits per heavy atom. The zero-order valence-corrected chi connectivity index (χ0v) is 12.2. The molecule has 0 aliphatic heterocycles. The van der Waals surface area contributed by atoms with Gasteiger partial charge in [0.05, 0.1) is 5.02 Å². The fourth-order valence-electron chi connectivity index (χ4n) is 3.02. The predicted molar refractivity (Wildman–Crippen MR) is 77.8 cm³/mol. The van der Waals surface area contributed by atoms with E-state index in [0.29, 0.717) is 6.54 Å². The molecular weight excluding hydrogens is 263 g/mol. The summed E-state index contributed by atoms with van der Waals surface area (Å²) in [5.74, 6) is 0.392. The van der Waals surface area contributed by atoms with Crippen LogP contribution < -0.4 is 5.73 Å². The molecule has 2 nitrogen and oxygen atoms in total. The van der Waals surface area contributed by atoms with Crippen LogP contribution in [0.2, 0.25) is 5.02 Å². The second kappa shape index (κ2) is 6.69. The van der Waals surface area contributed by atoms with Crippen LogP contribution in [0.3, 0.4) is 0 Å². The summed E-state index contributed by atoms with van der Waals surface area (Å²) in [6.45, 7) is 1.52. The van der Waals surface area contributed by atoms with Gasteiger partial charge in [0.1, 0.15) is 5.82 Å². The molecule has 2 rings (SSSR count). The maximum Gasteiger partial charge on any atom is 0.142 e. The van der Waals surface area contributed by atoms with Gasteiger partial charge in [0, 0.05) is 19.1 Å². The van der Waals surface area contributed by atoms with E-state index in [4.69, 9.17) is 17.3 Å². The molecule has 1 aliphatic carbocycles. The van der Waals surface area contributed by atoms with E-state index >= 15 is 0 Å². The molecule has 1 atom stereocenters. The highest BCUT2D eigenvalue weighted by atomic mass is 35.5. The summed E-state index contributed by atoms with van der Waals surface area (Å²) in [7, 11) is 2.07. The number of hydrogen-bond acceptors (Lipinski definition) is 2. The van der Waals surface area contributed by atoms with Gasteiger partial charge in [0.15, 0.2) is 0 Å². The average molecular weight is 285 g/mol. The van der Waals surface area contributed by atoms with Crippen molar-refractivity contribution in [3.8, 4) is 0 Å². The molecule has 0 amide bonds. The average Bonchev–Trinajstić information content (AvgIpc) is 2.87. The minimum atomic E-state index is -0.369. The molecule has 106 valence electrons. The molecule has 1 unspecified atom stereocenters. The zero-order chi connectivity index (χ0) is 13.8. The minimum Gasteiger partial charge on any atom is -0.329 e. The van der Waals surface area contributed by atoms with Gasteiger partial charge in [0.2, 0.25) is 0 Å². The Morgan fingerprint density at radius 2 is 2.11 bits per heavy atom. The van der Waals surface area contributed by atoms with E-state index < -0.39 is 0 Å². The summed E-state index contributed by atoms with van der Waals surface area (Å²) in [6.07, 6.45) is 5.27. The van der Waals surface area contributed by atoms with Gasteiger partial charge in [-0.15, -0.1) is 0 Å². The van der Waals surface area contributed by atoms with Gasteiger partial charge in [-0.1, -0.05) is 30.5 Å². The zero-order valence-electron chi connectivity index (χ0n) is 11.4. The van der Waals surface area contributed by atoms with Gasteiger partial charge in [-0.2, -0.15) is 0 Å². The molecule has 0 bridgehead atoms. The second-order valence-electron chi connectivity index (χ2n) is 5.52. The molecule has 0 aromatic heterocycles. The monoisotopic (exact) mass is 284 g/mol. The fraction of sp³-hybridized carbons (Fsp3) is 0.600. The Balaban J connectivity index is 2.06. The lowest BCUT2D eigenvalue weighted by Crippen LogP contribution is -2.33. The van der Waals surface area contributed by atoms with E-state index in [1.54, 1.807) is 6.07 Å². The van der Waals surface area contributed by atoms with Crippen molar-refractivity contribution in [1.82, 2.24) is 4.90 Å². The van der Waals surface area contributed by atoms with Crippen molar-refractivity contribution in [1.29, 1.82) is 0 Å². The Kier molecular flexibility index (Phi) is 5.20. The Bertz CT molecular complexity index is 419. The molecular formula is C15H22ClFN2. The smallest absolute Gasteiger partial charge is 0.142 e. The van der Waals surface area contributed by atoms with E-state index in [0.717, 1.165) is 18.0 Å². The highest BCUT2D eigenvalue weighted by Gasteiger charge is 2.22. The van der Waals surface area contributed by atoms with Crippen LogP contribution in [0, 0.1) is 11.7 Å². The van der Waals surface area contributed by atoms with Gasteiger partial charge < -0.3 is 5.73 Å². The van der Waals surface area contributed by atoms with E-state index in [2.05, 4.69) is 11.9 Å². The van der Waals surface area contributed by atoms with Crippen molar-refractivity contribution in [2.24, 2.45) is 11.7 Å². The van der Waals surface area contributed by atoms with Crippen LogP contribution in [0.25, 0.3) is 0 Å². The summed E-state index contributed by atoms with van der Waals surface area (Å²) in [5.41, 5.74) is 6.78. The van der Waals surface area contributed by atoms with Crippen molar-refractivity contribution < 1.29 is 4.39 Å². The number of benzene rings is 1. The first-order chi connectivity index (χ1) is 9.11. The minimum absolute atomic E-state index is 0.0624. The summed E-state index contributed by atoms with van der Waals surface area (Å²) >= 11 is 5.73. The van der Waals surface area contributed by atoms with E-state index in [9.17, 15) is 4.39 Å². The van der Waals surface area contributed by atoms with E-state index in [1.807, 2.05) is 6.07 Å². The van der Waals surface area contributed by atoms with Gasteiger partial charge in [-0.05, 0) is 43.5 Å². The van der Waals surface area contributed by atoms with Crippen molar-refractivity contribution in [2.75, 3.05) is 20.1 Å². The molecule has 0 radical (unpaired) electrons. The maximum absolute atomic E-state index is 13.6. The van der Waals surface area contributed by atoms with Crippen LogP contribution in [0.15, 0.2) is 18.2 Å². The lowest BCUT2D eigenvalue weighted by molar-refractivity contribution is 0.212. The standard InChI is InChI=1S/C15H22ClFN2/c1-19(10-11-4-2-3-5-11)15(9-18)12-6-7-13(16)14(17)8-12/h6-8,11,15H,2-5,9-10,18H2,1H3. The van der Waals surface area contributed by atoms with Crippen molar-refractivity contribution in [3.05, 3.63) is 34.6 Å². The largest absolute Gasteiger partial charge is 0.329 e.